The molecule has 0 spiro atoms. The first kappa shape index (κ1) is 21.5. The number of rotatable bonds is 7. The number of unbranched alkanes of at least 4 members (excludes halogenated alkanes) is 2. The van der Waals surface area contributed by atoms with Crippen LogP contribution in [0.15, 0.2) is 59.4 Å². The highest BCUT2D eigenvalue weighted by Gasteiger charge is 2.24. The molecule has 2 heterocycles. The van der Waals surface area contributed by atoms with Crippen LogP contribution in [0.2, 0.25) is 0 Å². The van der Waals surface area contributed by atoms with Gasteiger partial charge in [0, 0.05) is 19.5 Å². The molecule has 1 aliphatic heterocycles. The van der Waals surface area contributed by atoms with E-state index < -0.39 is 0 Å². The van der Waals surface area contributed by atoms with Crippen molar-refractivity contribution in [1.29, 1.82) is 0 Å². The van der Waals surface area contributed by atoms with Gasteiger partial charge in [0.15, 0.2) is 4.77 Å². The van der Waals surface area contributed by atoms with E-state index in [0.717, 1.165) is 30.3 Å². The van der Waals surface area contributed by atoms with E-state index in [0.29, 0.717) is 42.8 Å². The van der Waals surface area contributed by atoms with Crippen LogP contribution in [0.3, 0.4) is 0 Å². The number of nitrogens with zero attached hydrogens (tertiary/aromatic N) is 2. The van der Waals surface area contributed by atoms with Crippen molar-refractivity contribution in [3.05, 3.63) is 75.3 Å². The molecule has 1 aliphatic rings. The third-order valence-corrected chi connectivity index (χ3v) is 6.07. The van der Waals surface area contributed by atoms with Crippen molar-refractivity contribution >= 4 is 29.0 Å². The number of amides is 1. The molecular weight excluding hydrogens is 410 g/mol. The molecule has 1 N–H and O–H groups in total. The number of aromatic nitrogens is 2. The number of aromatic amines is 1. The Bertz CT molecular complexity index is 1160. The molecule has 6 nitrogen and oxygen atoms in total. The lowest BCUT2D eigenvalue weighted by molar-refractivity contribution is -0.139. The summed E-state index contributed by atoms with van der Waals surface area (Å²) in [6.45, 7) is 2.36. The van der Waals surface area contributed by atoms with Crippen LogP contribution >= 0.6 is 12.2 Å². The molecule has 4 rings (SSSR count). The molecule has 1 fully saturated rings. The average Bonchev–Trinajstić information content (AvgIpc) is 2.81. The molecule has 162 valence electrons. The van der Waals surface area contributed by atoms with Gasteiger partial charge >= 0.3 is 0 Å². The van der Waals surface area contributed by atoms with Gasteiger partial charge in [-0.2, -0.15) is 0 Å². The molecule has 1 amide bonds. The third kappa shape index (κ3) is 5.11. The molecule has 0 radical (unpaired) electrons. The summed E-state index contributed by atoms with van der Waals surface area (Å²) in [4.78, 5) is 30.4. The van der Waals surface area contributed by atoms with Crippen LogP contribution in [0.1, 0.15) is 37.4 Å². The van der Waals surface area contributed by atoms with Crippen molar-refractivity contribution in [3.63, 3.8) is 0 Å². The van der Waals surface area contributed by atoms with Crippen LogP contribution < -0.4 is 5.56 Å². The van der Waals surface area contributed by atoms with Crippen LogP contribution in [0, 0.1) is 4.77 Å². The van der Waals surface area contributed by atoms with Crippen LogP contribution in [0.25, 0.3) is 10.9 Å². The van der Waals surface area contributed by atoms with Crippen molar-refractivity contribution in [3.8, 4) is 0 Å². The summed E-state index contributed by atoms with van der Waals surface area (Å²) in [5.74, 6) is 0.171. The Morgan fingerprint density at radius 1 is 1.06 bits per heavy atom. The van der Waals surface area contributed by atoms with Gasteiger partial charge in [-0.05, 0) is 42.8 Å². The quantitative estimate of drug-likeness (QED) is 0.444. The molecule has 3 aromatic rings. The summed E-state index contributed by atoms with van der Waals surface area (Å²) >= 11 is 5.36. The lowest BCUT2D eigenvalue weighted by Gasteiger charge is -2.33. The van der Waals surface area contributed by atoms with Gasteiger partial charge in [0.05, 0.1) is 24.1 Å². The Morgan fingerprint density at radius 2 is 1.84 bits per heavy atom. The Labute approximate surface area is 186 Å². The van der Waals surface area contributed by atoms with Crippen LogP contribution in [-0.2, 0) is 16.1 Å². The normalized spacial score (nSPS) is 16.5. The summed E-state index contributed by atoms with van der Waals surface area (Å²) < 4.78 is 7.91. The maximum absolute atomic E-state index is 12.7. The molecular formula is C24H27N3O3S. The second-order valence-corrected chi connectivity index (χ2v) is 8.24. The van der Waals surface area contributed by atoms with Gasteiger partial charge < -0.3 is 14.6 Å². The largest absolute Gasteiger partial charge is 0.370 e. The maximum Gasteiger partial charge on any atom is 0.262 e. The van der Waals surface area contributed by atoms with Gasteiger partial charge in [0.1, 0.15) is 6.10 Å². The second-order valence-electron chi connectivity index (χ2n) is 7.85. The molecule has 0 bridgehead atoms. The number of carbonyl (C=O) groups excluding carboxylic acids is 1. The van der Waals surface area contributed by atoms with Gasteiger partial charge in [0.2, 0.25) is 5.91 Å². The highest BCUT2D eigenvalue weighted by Crippen LogP contribution is 2.22. The maximum atomic E-state index is 12.7. The summed E-state index contributed by atoms with van der Waals surface area (Å²) in [6, 6.07) is 17.4. The molecule has 2 aromatic carbocycles. The van der Waals surface area contributed by atoms with Crippen molar-refractivity contribution in [2.75, 3.05) is 19.7 Å². The van der Waals surface area contributed by atoms with Gasteiger partial charge in [0.25, 0.3) is 5.56 Å². The van der Waals surface area contributed by atoms with Crippen LogP contribution in [0.5, 0.6) is 0 Å². The van der Waals surface area contributed by atoms with E-state index in [4.69, 9.17) is 17.0 Å². The van der Waals surface area contributed by atoms with Gasteiger partial charge in [-0.15, -0.1) is 0 Å². The predicted octanol–water partition coefficient (Wildman–Crippen LogP) is 4.22. The summed E-state index contributed by atoms with van der Waals surface area (Å²) in [5.41, 5.74) is 1.81. The molecule has 7 heteroatoms. The van der Waals surface area contributed by atoms with Gasteiger partial charge in [-0.25, -0.2) is 0 Å². The average molecular weight is 438 g/mol. The van der Waals surface area contributed by atoms with E-state index >= 15 is 0 Å². The Hall–Kier alpha value is -2.77. The van der Waals surface area contributed by atoms with Crippen molar-refractivity contribution in [1.82, 2.24) is 14.5 Å². The first-order valence-corrected chi connectivity index (χ1v) is 11.2. The molecule has 1 atom stereocenters. The smallest absolute Gasteiger partial charge is 0.262 e. The number of hydrogen-bond donors (Lipinski definition) is 1. The first-order chi connectivity index (χ1) is 15.1. The number of morpholine rings is 1. The van der Waals surface area contributed by atoms with Crippen molar-refractivity contribution < 1.29 is 9.53 Å². The monoisotopic (exact) mass is 437 g/mol. The van der Waals surface area contributed by atoms with Gasteiger partial charge in [-0.1, -0.05) is 48.9 Å². The van der Waals surface area contributed by atoms with E-state index in [1.165, 1.54) is 0 Å². The zero-order valence-electron chi connectivity index (χ0n) is 17.5. The molecule has 0 aliphatic carbocycles. The Morgan fingerprint density at radius 3 is 2.68 bits per heavy atom. The molecule has 1 saturated heterocycles. The Balaban J connectivity index is 1.26. The van der Waals surface area contributed by atoms with Crippen LogP contribution in [0.4, 0.5) is 0 Å². The van der Waals surface area contributed by atoms with Crippen LogP contribution in [-0.4, -0.2) is 40.1 Å². The molecule has 31 heavy (non-hydrogen) atoms. The SMILES string of the molecule is O=C(CCCCCn1c(=S)[nH]c2ccccc2c1=O)N1CCO[C@H](c2ccccc2)C1. The number of nitrogens with one attached hydrogen (secondary N) is 1. The lowest BCUT2D eigenvalue weighted by Crippen LogP contribution is -2.42. The molecule has 1 aromatic heterocycles. The van der Waals surface area contributed by atoms with Crippen molar-refractivity contribution in [2.45, 2.75) is 38.3 Å². The molecule has 0 saturated carbocycles. The number of H-pyrrole nitrogens is 1. The topological polar surface area (TPSA) is 67.3 Å². The number of para-hydroxylation sites is 1. The number of carbonyl (C=O) groups is 1. The van der Waals surface area contributed by atoms with Crippen molar-refractivity contribution in [2.24, 2.45) is 0 Å². The van der Waals surface area contributed by atoms with E-state index in [9.17, 15) is 9.59 Å². The number of benzene rings is 2. The number of ether oxygens (including phenoxy) is 1. The fourth-order valence-corrected chi connectivity index (χ4v) is 4.31. The summed E-state index contributed by atoms with van der Waals surface area (Å²) in [5, 5.41) is 0.645. The minimum Gasteiger partial charge on any atom is -0.370 e. The summed E-state index contributed by atoms with van der Waals surface area (Å²) in [7, 11) is 0. The van der Waals surface area contributed by atoms with E-state index in [2.05, 4.69) is 4.98 Å². The lowest BCUT2D eigenvalue weighted by atomic mass is 10.1. The summed E-state index contributed by atoms with van der Waals surface area (Å²) in [6.07, 6.45) is 2.93. The van der Waals surface area contributed by atoms with E-state index in [1.54, 1.807) is 4.57 Å². The fraction of sp³-hybridized carbons (Fsp3) is 0.375. The number of fused-ring (bicyclic) bond motifs is 1. The zero-order valence-corrected chi connectivity index (χ0v) is 18.3. The van der Waals surface area contributed by atoms with E-state index in [1.807, 2.05) is 59.5 Å². The highest BCUT2D eigenvalue weighted by atomic mass is 32.1. The zero-order chi connectivity index (χ0) is 21.6. The first-order valence-electron chi connectivity index (χ1n) is 10.8. The molecule has 0 unspecified atom stereocenters. The Kier molecular flexibility index (Phi) is 6.94. The fourth-order valence-electron chi connectivity index (χ4n) is 4.03. The van der Waals surface area contributed by atoms with E-state index in [-0.39, 0.29) is 17.6 Å². The predicted molar refractivity (Wildman–Crippen MR) is 124 cm³/mol. The highest BCUT2D eigenvalue weighted by molar-refractivity contribution is 7.71. The minimum absolute atomic E-state index is 0.0552. The minimum atomic E-state index is -0.0595. The number of hydrogen-bond acceptors (Lipinski definition) is 4. The standard InChI is InChI=1S/C24H27N3O3S/c28-22(26-15-16-30-21(17-26)18-9-3-1-4-10-18)13-5-2-8-14-27-23(29)19-11-6-7-12-20(19)25-24(27)31/h1,3-4,6-7,9-12,21H,2,5,8,13-17H2,(H,25,31)/t21-/m0/s1. The third-order valence-electron chi connectivity index (χ3n) is 5.75. The second kappa shape index (κ2) is 10.0. The van der Waals surface area contributed by atoms with Gasteiger partial charge in [-0.3, -0.25) is 14.2 Å².